The molecule has 3 heterocycles. The fraction of sp³-hybridized carbons (Fsp3) is 0.364. The number of benzene rings is 1. The van der Waals surface area contributed by atoms with Crippen LogP contribution in [-0.2, 0) is 17.6 Å². The highest BCUT2D eigenvalue weighted by Gasteiger charge is 2.44. The van der Waals surface area contributed by atoms with Crippen LogP contribution in [0.3, 0.4) is 0 Å². The largest absolute Gasteiger partial charge is 0.424 e. The lowest BCUT2D eigenvalue weighted by Gasteiger charge is -2.01. The number of hydrogen-bond acceptors (Lipinski definition) is 10. The van der Waals surface area contributed by atoms with Crippen molar-refractivity contribution in [3.63, 3.8) is 0 Å². The first-order chi connectivity index (χ1) is 15.4. The van der Waals surface area contributed by atoms with E-state index in [0.29, 0.717) is 17.3 Å². The lowest BCUT2D eigenvalue weighted by Crippen LogP contribution is -2.10. The van der Waals surface area contributed by atoms with Gasteiger partial charge in [-0.1, -0.05) is 6.07 Å². The van der Waals surface area contributed by atoms with Gasteiger partial charge in [0.15, 0.2) is 0 Å². The highest BCUT2D eigenvalue weighted by Crippen LogP contribution is 2.48. The second-order valence-electron chi connectivity index (χ2n) is 8.09. The maximum absolute atomic E-state index is 12.2. The molecule has 4 aromatic rings. The Morgan fingerprint density at radius 3 is 2.84 bits per heavy atom. The molecule has 3 aromatic heterocycles. The van der Waals surface area contributed by atoms with Gasteiger partial charge in [0.25, 0.3) is 0 Å². The van der Waals surface area contributed by atoms with Crippen molar-refractivity contribution >= 4 is 38.7 Å². The minimum Gasteiger partial charge on any atom is -0.424 e. The van der Waals surface area contributed by atoms with Gasteiger partial charge in [0.2, 0.25) is 11.8 Å². The first-order valence-electron chi connectivity index (χ1n) is 10.2. The number of carbonyl (C=O) groups excluding carboxylic acids is 1. The summed E-state index contributed by atoms with van der Waals surface area (Å²) in [7, 11) is 0. The summed E-state index contributed by atoms with van der Waals surface area (Å²) >= 11 is 2.98. The van der Waals surface area contributed by atoms with Gasteiger partial charge in [-0.3, -0.25) is 4.79 Å². The van der Waals surface area contributed by atoms with Gasteiger partial charge < -0.3 is 9.52 Å². The highest BCUT2D eigenvalue weighted by atomic mass is 32.1. The fourth-order valence-electron chi connectivity index (χ4n) is 3.47. The average Bonchev–Trinajstić information content (AvgIpc) is 3.15. The van der Waals surface area contributed by atoms with E-state index in [1.807, 2.05) is 23.6 Å². The molecule has 0 amide bonds. The minimum absolute atomic E-state index is 0.0486. The third-order valence-corrected chi connectivity index (χ3v) is 7.43. The van der Waals surface area contributed by atoms with Gasteiger partial charge in [-0.05, 0) is 31.9 Å². The minimum atomic E-state index is -0.580. The topological polar surface area (TPSA) is 126 Å². The molecule has 1 atom stereocenters. The zero-order chi connectivity index (χ0) is 22.3. The standard InChI is InChI=1S/C22H19N5O3S2/c1-12(28)21-25-16(10-31-21)13-2-3-15-17(6-13)32-20(24-15)8-19-27-26-18(30-19)7-14(29)9-22(11-23)4-5-22/h2-3,6,10,12,28H,4-5,7-9H2,1H3. The Balaban J connectivity index is 1.27. The molecule has 1 aliphatic rings. The van der Waals surface area contributed by atoms with Crippen LogP contribution in [0.5, 0.6) is 0 Å². The molecule has 5 rings (SSSR count). The first-order valence-corrected chi connectivity index (χ1v) is 11.9. The number of ketones is 1. The van der Waals surface area contributed by atoms with E-state index in [-0.39, 0.29) is 24.5 Å². The van der Waals surface area contributed by atoms with E-state index in [2.05, 4.69) is 26.2 Å². The number of aliphatic hydroxyl groups is 1. The average molecular weight is 466 g/mol. The van der Waals surface area contributed by atoms with Crippen molar-refractivity contribution in [1.29, 1.82) is 5.26 Å². The third kappa shape index (κ3) is 4.32. The number of carbonyl (C=O) groups is 1. The Bertz CT molecular complexity index is 1340. The van der Waals surface area contributed by atoms with Gasteiger partial charge in [-0.25, -0.2) is 9.97 Å². The molecule has 162 valence electrons. The van der Waals surface area contributed by atoms with Gasteiger partial charge in [0.05, 0.1) is 40.2 Å². The van der Waals surface area contributed by atoms with Crippen LogP contribution in [0.2, 0.25) is 0 Å². The quantitative estimate of drug-likeness (QED) is 0.409. The van der Waals surface area contributed by atoms with Crippen molar-refractivity contribution in [1.82, 2.24) is 20.2 Å². The number of aliphatic hydroxyl groups excluding tert-OH is 1. The van der Waals surface area contributed by atoms with E-state index in [0.717, 1.165) is 39.3 Å². The summed E-state index contributed by atoms with van der Waals surface area (Å²) in [6, 6.07) is 8.19. The molecule has 0 saturated heterocycles. The van der Waals surface area contributed by atoms with Crippen LogP contribution in [0, 0.1) is 16.7 Å². The van der Waals surface area contributed by atoms with Crippen molar-refractivity contribution in [3.05, 3.63) is 45.4 Å². The summed E-state index contributed by atoms with van der Waals surface area (Å²) in [4.78, 5) is 21.3. The van der Waals surface area contributed by atoms with Gasteiger partial charge in [-0.15, -0.1) is 32.9 Å². The molecular formula is C22H19N5O3S2. The Labute approximate surface area is 191 Å². The van der Waals surface area contributed by atoms with Gasteiger partial charge >= 0.3 is 0 Å². The first kappa shape index (κ1) is 20.9. The summed E-state index contributed by atoms with van der Waals surface area (Å²) in [5.41, 5.74) is 2.22. The van der Waals surface area contributed by atoms with Crippen LogP contribution in [0.25, 0.3) is 21.5 Å². The molecule has 0 bridgehead atoms. The molecule has 1 fully saturated rings. The number of fused-ring (bicyclic) bond motifs is 1. The Kier molecular flexibility index (Phi) is 5.33. The fourth-order valence-corrected chi connectivity index (χ4v) is 5.23. The van der Waals surface area contributed by atoms with E-state index in [1.54, 1.807) is 18.3 Å². The van der Waals surface area contributed by atoms with E-state index >= 15 is 0 Å². The van der Waals surface area contributed by atoms with E-state index in [1.165, 1.54) is 11.3 Å². The summed E-state index contributed by atoms with van der Waals surface area (Å²) in [5, 5.41) is 30.3. The Morgan fingerprint density at radius 2 is 2.12 bits per heavy atom. The number of nitrogens with zero attached hydrogens (tertiary/aromatic N) is 5. The van der Waals surface area contributed by atoms with Crippen LogP contribution >= 0.6 is 22.7 Å². The number of nitriles is 1. The number of Topliss-reactive ketones (excluding diaryl/α,β-unsaturated/α-hetero) is 1. The van der Waals surface area contributed by atoms with Gasteiger partial charge in [0, 0.05) is 17.4 Å². The van der Waals surface area contributed by atoms with Gasteiger partial charge in [0.1, 0.15) is 21.9 Å². The van der Waals surface area contributed by atoms with Crippen molar-refractivity contribution in [2.45, 2.75) is 45.1 Å². The Hall–Kier alpha value is -3.00. The summed E-state index contributed by atoms with van der Waals surface area (Å²) in [6.07, 6.45) is 1.69. The van der Waals surface area contributed by atoms with Crippen LogP contribution in [0.15, 0.2) is 28.0 Å². The predicted octanol–water partition coefficient (Wildman–Crippen LogP) is 4.25. The highest BCUT2D eigenvalue weighted by molar-refractivity contribution is 7.18. The lowest BCUT2D eigenvalue weighted by molar-refractivity contribution is -0.119. The Morgan fingerprint density at radius 1 is 1.31 bits per heavy atom. The molecule has 1 saturated carbocycles. The smallest absolute Gasteiger partial charge is 0.223 e. The van der Waals surface area contributed by atoms with E-state index in [9.17, 15) is 9.90 Å². The number of aromatic nitrogens is 4. The maximum atomic E-state index is 12.2. The third-order valence-electron chi connectivity index (χ3n) is 5.39. The zero-order valence-corrected chi connectivity index (χ0v) is 18.9. The van der Waals surface area contributed by atoms with Gasteiger partial charge in [-0.2, -0.15) is 5.26 Å². The molecule has 8 nitrogen and oxygen atoms in total. The van der Waals surface area contributed by atoms with Crippen LogP contribution in [0.1, 0.15) is 54.1 Å². The van der Waals surface area contributed by atoms with Crippen molar-refractivity contribution in [2.75, 3.05) is 0 Å². The van der Waals surface area contributed by atoms with Crippen molar-refractivity contribution in [2.24, 2.45) is 5.41 Å². The molecular weight excluding hydrogens is 446 g/mol. The molecule has 0 spiro atoms. The molecule has 1 aliphatic carbocycles. The van der Waals surface area contributed by atoms with Crippen molar-refractivity contribution in [3.8, 4) is 17.3 Å². The predicted molar refractivity (Wildman–Crippen MR) is 119 cm³/mol. The van der Waals surface area contributed by atoms with Crippen LogP contribution in [0.4, 0.5) is 0 Å². The SMILES string of the molecule is CC(O)c1nc(-c2ccc3nc(Cc4nnc(CC(=O)CC5(C#N)CC5)o4)sc3c2)cs1. The molecule has 0 aliphatic heterocycles. The summed E-state index contributed by atoms with van der Waals surface area (Å²) < 4.78 is 6.67. The molecule has 0 radical (unpaired) electrons. The number of hydrogen-bond donors (Lipinski definition) is 1. The molecule has 10 heteroatoms. The second kappa shape index (κ2) is 8.16. The molecule has 1 aromatic carbocycles. The molecule has 1 unspecified atom stereocenters. The molecule has 32 heavy (non-hydrogen) atoms. The second-order valence-corrected chi connectivity index (χ2v) is 10.1. The van der Waals surface area contributed by atoms with Crippen LogP contribution < -0.4 is 0 Å². The van der Waals surface area contributed by atoms with E-state index in [4.69, 9.17) is 9.68 Å². The normalized spacial score (nSPS) is 15.5. The number of rotatable bonds is 8. The monoisotopic (exact) mass is 465 g/mol. The number of thiazole rings is 2. The molecule has 1 N–H and O–H groups in total. The zero-order valence-electron chi connectivity index (χ0n) is 17.2. The van der Waals surface area contributed by atoms with E-state index < -0.39 is 11.5 Å². The summed E-state index contributed by atoms with van der Waals surface area (Å²) in [5.74, 6) is 0.640. The van der Waals surface area contributed by atoms with Crippen LogP contribution in [-0.4, -0.2) is 31.1 Å². The maximum Gasteiger partial charge on any atom is 0.223 e. The summed E-state index contributed by atoms with van der Waals surface area (Å²) in [6.45, 7) is 1.70. The lowest BCUT2D eigenvalue weighted by atomic mass is 10.00. The van der Waals surface area contributed by atoms with Crippen molar-refractivity contribution < 1.29 is 14.3 Å².